The van der Waals surface area contributed by atoms with Crippen molar-refractivity contribution in [2.45, 2.75) is 37.0 Å². The highest BCUT2D eigenvalue weighted by Crippen LogP contribution is 2.17. The summed E-state index contributed by atoms with van der Waals surface area (Å²) in [6, 6.07) is 0. The fourth-order valence-electron chi connectivity index (χ4n) is 1.35. The predicted molar refractivity (Wildman–Crippen MR) is 75.0 cm³/mol. The molecule has 0 saturated heterocycles. The van der Waals surface area contributed by atoms with Crippen LogP contribution in [0.1, 0.15) is 33.1 Å². The van der Waals surface area contributed by atoms with Gasteiger partial charge in [-0.15, -0.1) is 6.58 Å². The van der Waals surface area contributed by atoms with Gasteiger partial charge < -0.3 is 0 Å². The third-order valence-corrected chi connectivity index (χ3v) is 3.02. The van der Waals surface area contributed by atoms with Crippen LogP contribution >= 0.6 is 22.6 Å². The number of alkyl halides is 1. The lowest BCUT2D eigenvalue weighted by molar-refractivity contribution is 0.546. The summed E-state index contributed by atoms with van der Waals surface area (Å²) in [5.74, 6) is 0.749. The molecule has 0 aromatic rings. The lowest BCUT2D eigenvalue weighted by Gasteiger charge is -2.08. The summed E-state index contributed by atoms with van der Waals surface area (Å²) in [7, 11) is 0. The van der Waals surface area contributed by atoms with E-state index in [1.807, 2.05) is 12.2 Å². The summed E-state index contributed by atoms with van der Waals surface area (Å²) in [4.78, 5) is 0. The van der Waals surface area contributed by atoms with Crippen molar-refractivity contribution in [3.63, 3.8) is 0 Å². The molecule has 0 saturated carbocycles. The number of hydrogen-bond donors (Lipinski definition) is 0. The van der Waals surface area contributed by atoms with Crippen LogP contribution in [0.4, 0.5) is 0 Å². The lowest BCUT2D eigenvalue weighted by atomic mass is 10.0. The zero-order valence-corrected chi connectivity index (χ0v) is 11.5. The first-order valence-electron chi connectivity index (χ1n) is 5.19. The van der Waals surface area contributed by atoms with Gasteiger partial charge in [-0.25, -0.2) is 0 Å². The maximum Gasteiger partial charge on any atom is 0.0328 e. The molecule has 0 spiro atoms. The topological polar surface area (TPSA) is 0 Å². The Balaban J connectivity index is 3.89. The third-order valence-electron chi connectivity index (χ3n) is 2.30. The summed E-state index contributed by atoms with van der Waals surface area (Å²) in [5, 5.41) is 0. The molecule has 1 heteroatoms. The van der Waals surface area contributed by atoms with E-state index >= 15 is 0 Å². The van der Waals surface area contributed by atoms with Crippen LogP contribution in [-0.2, 0) is 0 Å². The average molecular weight is 304 g/mol. The molecule has 0 aliphatic carbocycles. The quantitative estimate of drug-likeness (QED) is 0.271. The summed E-state index contributed by atoms with van der Waals surface area (Å²) in [6.07, 6.45) is 9.80. The number of allylic oxidation sites excluding steroid dienone is 4. The molecular formula is C13H21I. The van der Waals surface area contributed by atoms with Gasteiger partial charge in [-0.1, -0.05) is 54.3 Å². The van der Waals surface area contributed by atoms with E-state index in [1.165, 1.54) is 12.0 Å². The number of halogens is 1. The molecule has 0 fully saturated rings. The standard InChI is InChI=1S/C13H21I/c1-5-8-11(3)9-7-10-13(6-2)12(4)14/h5-6,10-12H,1-2,7-9H2,3-4H3/b13-10-. The molecule has 2 unspecified atom stereocenters. The SMILES string of the molecule is C=CCC(C)CC/C=C(/C=C)C(C)I. The first-order valence-corrected chi connectivity index (χ1v) is 6.43. The van der Waals surface area contributed by atoms with Gasteiger partial charge in [0, 0.05) is 3.92 Å². The first kappa shape index (κ1) is 13.9. The van der Waals surface area contributed by atoms with Crippen molar-refractivity contribution in [1.82, 2.24) is 0 Å². The van der Waals surface area contributed by atoms with Crippen LogP contribution in [0.5, 0.6) is 0 Å². The summed E-state index contributed by atoms with van der Waals surface area (Å²) < 4.78 is 0.569. The van der Waals surface area contributed by atoms with Crippen LogP contribution in [0, 0.1) is 5.92 Å². The van der Waals surface area contributed by atoms with Gasteiger partial charge in [-0.2, -0.15) is 0 Å². The van der Waals surface area contributed by atoms with Crippen molar-refractivity contribution in [3.05, 3.63) is 37.0 Å². The van der Waals surface area contributed by atoms with E-state index in [-0.39, 0.29) is 0 Å². The van der Waals surface area contributed by atoms with Crippen molar-refractivity contribution in [1.29, 1.82) is 0 Å². The monoisotopic (exact) mass is 304 g/mol. The fourth-order valence-corrected chi connectivity index (χ4v) is 1.85. The van der Waals surface area contributed by atoms with Crippen molar-refractivity contribution in [2.24, 2.45) is 5.92 Å². The highest BCUT2D eigenvalue weighted by atomic mass is 127. The van der Waals surface area contributed by atoms with Gasteiger partial charge in [-0.05, 0) is 37.7 Å². The van der Waals surface area contributed by atoms with E-state index in [0.717, 1.165) is 18.8 Å². The Morgan fingerprint density at radius 1 is 1.36 bits per heavy atom. The highest BCUT2D eigenvalue weighted by Gasteiger charge is 2.01. The molecule has 0 nitrogen and oxygen atoms in total. The van der Waals surface area contributed by atoms with Crippen LogP contribution in [-0.4, -0.2) is 3.92 Å². The van der Waals surface area contributed by atoms with Gasteiger partial charge in [0.1, 0.15) is 0 Å². The molecule has 2 atom stereocenters. The highest BCUT2D eigenvalue weighted by molar-refractivity contribution is 14.1. The van der Waals surface area contributed by atoms with E-state index in [2.05, 4.69) is 55.7 Å². The Bertz CT molecular complexity index is 201. The van der Waals surface area contributed by atoms with Gasteiger partial charge in [0.25, 0.3) is 0 Å². The van der Waals surface area contributed by atoms with Crippen LogP contribution in [0.3, 0.4) is 0 Å². The Hall–Kier alpha value is -0.0500. The number of hydrogen-bond acceptors (Lipinski definition) is 0. The smallest absolute Gasteiger partial charge is 0.0328 e. The average Bonchev–Trinajstić information content (AvgIpc) is 2.12. The minimum Gasteiger partial charge on any atom is -0.103 e. The third kappa shape index (κ3) is 6.41. The zero-order valence-electron chi connectivity index (χ0n) is 9.30. The minimum atomic E-state index is 0.569. The predicted octanol–water partition coefficient (Wildman–Crippen LogP) is 4.91. The van der Waals surface area contributed by atoms with Crippen molar-refractivity contribution < 1.29 is 0 Å². The van der Waals surface area contributed by atoms with E-state index < -0.39 is 0 Å². The van der Waals surface area contributed by atoms with Crippen LogP contribution in [0.2, 0.25) is 0 Å². The van der Waals surface area contributed by atoms with Gasteiger partial charge in [0.2, 0.25) is 0 Å². The second kappa shape index (κ2) is 8.27. The van der Waals surface area contributed by atoms with Crippen molar-refractivity contribution in [3.8, 4) is 0 Å². The molecule has 0 radical (unpaired) electrons. The van der Waals surface area contributed by atoms with E-state index in [0.29, 0.717) is 3.92 Å². The maximum atomic E-state index is 3.83. The van der Waals surface area contributed by atoms with Crippen molar-refractivity contribution in [2.75, 3.05) is 0 Å². The molecule has 0 N–H and O–H groups in total. The minimum absolute atomic E-state index is 0.569. The fraction of sp³-hybridized carbons (Fsp3) is 0.538. The molecular weight excluding hydrogens is 283 g/mol. The van der Waals surface area contributed by atoms with Gasteiger partial charge >= 0.3 is 0 Å². The summed E-state index contributed by atoms with van der Waals surface area (Å²) >= 11 is 2.42. The van der Waals surface area contributed by atoms with Crippen molar-refractivity contribution >= 4 is 22.6 Å². The molecule has 0 aliphatic rings. The summed E-state index contributed by atoms with van der Waals surface area (Å²) in [5.41, 5.74) is 1.36. The van der Waals surface area contributed by atoms with Gasteiger partial charge in [0.15, 0.2) is 0 Å². The molecule has 80 valence electrons. The summed E-state index contributed by atoms with van der Waals surface area (Å²) in [6.45, 7) is 12.1. The Labute approximate surface area is 102 Å². The normalized spacial score (nSPS) is 16.1. The Morgan fingerprint density at radius 2 is 2.00 bits per heavy atom. The molecule has 0 aromatic carbocycles. The zero-order chi connectivity index (χ0) is 11.0. The van der Waals surface area contributed by atoms with E-state index in [4.69, 9.17) is 0 Å². The second-order valence-corrected chi connectivity index (χ2v) is 5.60. The van der Waals surface area contributed by atoms with Gasteiger partial charge in [0.05, 0.1) is 0 Å². The molecule has 0 aromatic heterocycles. The molecule has 14 heavy (non-hydrogen) atoms. The second-order valence-electron chi connectivity index (χ2n) is 3.73. The number of rotatable bonds is 7. The largest absolute Gasteiger partial charge is 0.103 e. The van der Waals surface area contributed by atoms with Crippen LogP contribution < -0.4 is 0 Å². The van der Waals surface area contributed by atoms with Crippen LogP contribution in [0.15, 0.2) is 37.0 Å². The maximum absolute atomic E-state index is 3.83. The Kier molecular flexibility index (Phi) is 8.24. The first-order chi connectivity index (χ1) is 6.61. The lowest BCUT2D eigenvalue weighted by Crippen LogP contribution is -1.95. The molecule has 0 aliphatic heterocycles. The van der Waals surface area contributed by atoms with Crippen LogP contribution in [0.25, 0.3) is 0 Å². The molecule has 0 rings (SSSR count). The molecule has 0 bridgehead atoms. The molecule has 0 heterocycles. The van der Waals surface area contributed by atoms with E-state index in [9.17, 15) is 0 Å². The van der Waals surface area contributed by atoms with Gasteiger partial charge in [-0.3, -0.25) is 0 Å². The Morgan fingerprint density at radius 3 is 2.43 bits per heavy atom. The van der Waals surface area contributed by atoms with E-state index in [1.54, 1.807) is 0 Å². The molecule has 0 amide bonds.